The molecule has 7 rings (SSSR count). The second kappa shape index (κ2) is 6.84. The molecule has 0 amide bonds. The van der Waals surface area contributed by atoms with Gasteiger partial charge in [-0.2, -0.15) is 0 Å². The van der Waals surface area contributed by atoms with E-state index in [0.29, 0.717) is 0 Å². The Bertz CT molecular complexity index is 1710. The van der Waals surface area contributed by atoms with Crippen LogP contribution in [-0.4, -0.2) is 19.5 Å². The molecule has 0 aliphatic carbocycles. The van der Waals surface area contributed by atoms with E-state index in [1.165, 1.54) is 16.6 Å². The first kappa shape index (κ1) is 19.2. The lowest BCUT2D eigenvalue weighted by Crippen LogP contribution is -2.27. The van der Waals surface area contributed by atoms with Crippen LogP contribution >= 0.6 is 0 Å². The lowest BCUT2D eigenvalue weighted by Gasteiger charge is -2.34. The fourth-order valence-electron chi connectivity index (χ4n) is 5.35. The molecule has 1 aliphatic heterocycles. The molecule has 162 valence electrons. The number of hydrogen-bond acceptors (Lipinski definition) is 3. The van der Waals surface area contributed by atoms with E-state index < -0.39 is 0 Å². The molecule has 34 heavy (non-hydrogen) atoms. The van der Waals surface area contributed by atoms with Gasteiger partial charge in [0, 0.05) is 51.5 Å². The van der Waals surface area contributed by atoms with E-state index in [2.05, 4.69) is 84.1 Å². The Balaban J connectivity index is 1.55. The minimum atomic E-state index is -0.221. The molecule has 0 atom stereocenters. The van der Waals surface area contributed by atoms with Crippen LogP contribution in [0.3, 0.4) is 0 Å². The summed E-state index contributed by atoms with van der Waals surface area (Å²) in [5.74, 6) is 0. The van der Waals surface area contributed by atoms with Gasteiger partial charge in [-0.1, -0.05) is 74.5 Å². The number of hydrogen-bond donors (Lipinski definition) is 0. The fraction of sp³-hybridized carbons (Fsp3) is 0.100. The van der Waals surface area contributed by atoms with Crippen LogP contribution < -0.4 is 0 Å². The SMILES string of the molecule is CC1(C)c2cc(-c3ccccc3)ncc2-n2c3ncc(-c4ccccc4)cc3c3cncc1c32. The molecule has 5 heterocycles. The van der Waals surface area contributed by atoms with Crippen molar-refractivity contribution in [2.45, 2.75) is 19.3 Å². The van der Waals surface area contributed by atoms with Crippen molar-refractivity contribution in [3.63, 3.8) is 0 Å². The number of aromatic nitrogens is 4. The van der Waals surface area contributed by atoms with Gasteiger partial charge in [0.15, 0.2) is 0 Å². The summed E-state index contributed by atoms with van der Waals surface area (Å²) in [6, 6.07) is 25.2. The van der Waals surface area contributed by atoms with Gasteiger partial charge in [0.25, 0.3) is 0 Å². The monoisotopic (exact) mass is 438 g/mol. The lowest BCUT2D eigenvalue weighted by atomic mass is 9.75. The van der Waals surface area contributed by atoms with E-state index in [-0.39, 0.29) is 5.41 Å². The molecular weight excluding hydrogens is 416 g/mol. The standard InChI is InChI=1S/C30H22N4/c1-30(2)24-14-26(20-11-7-4-8-12-20)32-18-27(24)34-28-23(16-31-17-25(28)30)22-13-21(15-33-29(22)34)19-9-5-3-6-10-19/h3-18H,1-2H3. The molecule has 4 heteroatoms. The van der Waals surface area contributed by atoms with Crippen molar-refractivity contribution in [3.05, 3.63) is 109 Å². The predicted molar refractivity (Wildman–Crippen MR) is 137 cm³/mol. The third-order valence-corrected chi connectivity index (χ3v) is 7.16. The molecule has 4 nitrogen and oxygen atoms in total. The summed E-state index contributed by atoms with van der Waals surface area (Å²) in [6.45, 7) is 4.56. The van der Waals surface area contributed by atoms with Gasteiger partial charge < -0.3 is 0 Å². The van der Waals surface area contributed by atoms with Crippen LogP contribution in [0.25, 0.3) is 50.0 Å². The molecule has 0 bridgehead atoms. The summed E-state index contributed by atoms with van der Waals surface area (Å²) in [6.07, 6.45) is 7.97. The summed E-state index contributed by atoms with van der Waals surface area (Å²) in [4.78, 5) is 14.5. The summed E-state index contributed by atoms with van der Waals surface area (Å²) in [5.41, 5.74) is 9.78. The molecule has 0 fully saturated rings. The Hall–Kier alpha value is -4.31. The minimum absolute atomic E-state index is 0.221. The Morgan fingerprint density at radius 3 is 2.15 bits per heavy atom. The minimum Gasteiger partial charge on any atom is -0.292 e. The molecule has 0 saturated carbocycles. The van der Waals surface area contributed by atoms with Gasteiger partial charge in [-0.25, -0.2) is 4.98 Å². The van der Waals surface area contributed by atoms with Crippen LogP contribution in [0, 0.1) is 0 Å². The summed E-state index contributed by atoms with van der Waals surface area (Å²) < 4.78 is 2.28. The molecule has 0 spiro atoms. The molecule has 0 unspecified atom stereocenters. The van der Waals surface area contributed by atoms with Crippen LogP contribution in [0.4, 0.5) is 0 Å². The van der Waals surface area contributed by atoms with Crippen LogP contribution in [0.2, 0.25) is 0 Å². The Morgan fingerprint density at radius 1 is 0.647 bits per heavy atom. The normalized spacial score (nSPS) is 13.8. The van der Waals surface area contributed by atoms with Crippen molar-refractivity contribution in [1.82, 2.24) is 19.5 Å². The third kappa shape index (κ3) is 2.57. The van der Waals surface area contributed by atoms with Gasteiger partial charge in [0.1, 0.15) is 5.65 Å². The van der Waals surface area contributed by atoms with Gasteiger partial charge >= 0.3 is 0 Å². The van der Waals surface area contributed by atoms with Gasteiger partial charge in [-0.05, 0) is 23.3 Å². The maximum absolute atomic E-state index is 4.98. The molecule has 4 aromatic heterocycles. The van der Waals surface area contributed by atoms with Crippen LogP contribution in [0.15, 0.2) is 97.6 Å². The molecular formula is C30H22N4. The highest BCUT2D eigenvalue weighted by molar-refractivity contribution is 6.10. The lowest BCUT2D eigenvalue weighted by molar-refractivity contribution is 0.625. The molecule has 1 aliphatic rings. The third-order valence-electron chi connectivity index (χ3n) is 7.16. The molecule has 0 N–H and O–H groups in total. The molecule has 2 aromatic carbocycles. The summed E-state index contributed by atoms with van der Waals surface area (Å²) in [7, 11) is 0. The van der Waals surface area contributed by atoms with E-state index in [0.717, 1.165) is 44.5 Å². The average molecular weight is 439 g/mol. The number of fused-ring (bicyclic) bond motifs is 5. The van der Waals surface area contributed by atoms with Gasteiger partial charge in [-0.15, -0.1) is 0 Å². The van der Waals surface area contributed by atoms with E-state index in [1.807, 2.05) is 36.9 Å². The summed E-state index contributed by atoms with van der Waals surface area (Å²) in [5, 5.41) is 2.24. The Labute approximate surface area is 197 Å². The van der Waals surface area contributed by atoms with Crippen molar-refractivity contribution in [3.8, 4) is 28.1 Å². The zero-order valence-electron chi connectivity index (χ0n) is 19.0. The van der Waals surface area contributed by atoms with Crippen molar-refractivity contribution in [2.24, 2.45) is 0 Å². The number of benzene rings is 2. The van der Waals surface area contributed by atoms with Crippen LogP contribution in [-0.2, 0) is 5.41 Å². The Morgan fingerprint density at radius 2 is 1.38 bits per heavy atom. The van der Waals surface area contributed by atoms with E-state index in [9.17, 15) is 0 Å². The molecule has 0 saturated heterocycles. The van der Waals surface area contributed by atoms with Crippen LogP contribution in [0.5, 0.6) is 0 Å². The molecule has 6 aromatic rings. The summed E-state index contributed by atoms with van der Waals surface area (Å²) >= 11 is 0. The second-order valence-corrected chi connectivity index (χ2v) is 9.46. The topological polar surface area (TPSA) is 43.6 Å². The maximum Gasteiger partial charge on any atom is 0.145 e. The smallest absolute Gasteiger partial charge is 0.145 e. The second-order valence-electron chi connectivity index (χ2n) is 9.46. The fourth-order valence-corrected chi connectivity index (χ4v) is 5.35. The first-order valence-corrected chi connectivity index (χ1v) is 11.5. The molecule has 0 radical (unpaired) electrons. The predicted octanol–water partition coefficient (Wildman–Crippen LogP) is 6.94. The number of pyridine rings is 3. The highest BCUT2D eigenvalue weighted by atomic mass is 15.1. The average Bonchev–Trinajstić information content (AvgIpc) is 3.22. The first-order valence-electron chi connectivity index (χ1n) is 11.5. The van der Waals surface area contributed by atoms with Crippen molar-refractivity contribution in [1.29, 1.82) is 0 Å². The quantitative estimate of drug-likeness (QED) is 0.294. The van der Waals surface area contributed by atoms with Gasteiger partial charge in [-0.3, -0.25) is 14.5 Å². The van der Waals surface area contributed by atoms with E-state index in [1.54, 1.807) is 0 Å². The first-order chi connectivity index (χ1) is 16.6. The number of nitrogens with zero attached hydrogens (tertiary/aromatic N) is 4. The Kier molecular flexibility index (Phi) is 3.86. The van der Waals surface area contributed by atoms with E-state index in [4.69, 9.17) is 9.97 Å². The van der Waals surface area contributed by atoms with Gasteiger partial charge in [0.2, 0.25) is 0 Å². The largest absolute Gasteiger partial charge is 0.292 e. The number of rotatable bonds is 2. The van der Waals surface area contributed by atoms with Crippen molar-refractivity contribution in [2.75, 3.05) is 0 Å². The van der Waals surface area contributed by atoms with Crippen molar-refractivity contribution < 1.29 is 0 Å². The zero-order valence-corrected chi connectivity index (χ0v) is 19.0. The zero-order chi connectivity index (χ0) is 22.9. The maximum atomic E-state index is 4.98. The van der Waals surface area contributed by atoms with E-state index >= 15 is 0 Å². The van der Waals surface area contributed by atoms with Gasteiger partial charge in [0.05, 0.1) is 23.1 Å². The van der Waals surface area contributed by atoms with Crippen molar-refractivity contribution >= 4 is 21.9 Å². The highest BCUT2D eigenvalue weighted by Gasteiger charge is 2.36. The highest BCUT2D eigenvalue weighted by Crippen LogP contribution is 2.47. The van der Waals surface area contributed by atoms with Crippen LogP contribution in [0.1, 0.15) is 25.0 Å².